The number of rotatable bonds is 3. The third-order valence-corrected chi connectivity index (χ3v) is 3.03. The smallest absolute Gasteiger partial charge is 0.217 e. The van der Waals surface area contributed by atoms with E-state index in [2.05, 4.69) is 0 Å². The molecule has 0 spiro atoms. The van der Waals surface area contributed by atoms with Crippen LogP contribution in [0, 0.1) is 0 Å². The van der Waals surface area contributed by atoms with E-state index in [-0.39, 0.29) is 0 Å². The highest BCUT2D eigenvalue weighted by atomic mass is 35.6. The number of hydrogen-bond donors (Lipinski definition) is 0. The second-order valence-corrected chi connectivity index (χ2v) is 6.01. The van der Waals surface area contributed by atoms with E-state index < -0.39 is 20.1 Å². The molecule has 0 fully saturated rings. The number of ether oxygens (including phenoxy) is 1. The van der Waals surface area contributed by atoms with Crippen molar-refractivity contribution in [3.05, 3.63) is 0 Å². The van der Waals surface area contributed by atoms with Crippen LogP contribution in [0.1, 0.15) is 0 Å². The zero-order valence-electron chi connectivity index (χ0n) is 5.91. The summed E-state index contributed by atoms with van der Waals surface area (Å²) in [6.45, 7) is 0. The molecule has 0 amide bonds. The van der Waals surface area contributed by atoms with E-state index in [4.69, 9.17) is 74.3 Å². The molecule has 0 saturated carbocycles. The van der Waals surface area contributed by atoms with Crippen molar-refractivity contribution in [3.8, 4) is 0 Å². The molecule has 12 heavy (non-hydrogen) atoms. The summed E-state index contributed by atoms with van der Waals surface area (Å²) in [4.78, 5) is -0.854. The molecule has 0 aromatic rings. The van der Waals surface area contributed by atoms with Gasteiger partial charge >= 0.3 is 0 Å². The lowest BCUT2D eigenvalue weighted by atomic mass is 10.3. The van der Waals surface area contributed by atoms with Gasteiger partial charge in [0.2, 0.25) is 3.79 Å². The summed E-state index contributed by atoms with van der Waals surface area (Å²) in [6.07, 6.45) is -0.843. The van der Waals surface area contributed by atoms with Gasteiger partial charge < -0.3 is 4.74 Å². The lowest BCUT2D eigenvalue weighted by Gasteiger charge is -2.27. The van der Waals surface area contributed by atoms with E-state index in [1.165, 1.54) is 7.11 Å². The first kappa shape index (κ1) is 13.7. The van der Waals surface area contributed by atoms with Gasteiger partial charge in [0, 0.05) is 7.11 Å². The van der Waals surface area contributed by atoms with Crippen molar-refractivity contribution >= 4 is 69.6 Å². The van der Waals surface area contributed by atoms with Crippen LogP contribution in [0.2, 0.25) is 0 Å². The van der Waals surface area contributed by atoms with Crippen LogP contribution in [-0.2, 0) is 4.74 Å². The summed E-state index contributed by atoms with van der Waals surface area (Å²) in [7, 11) is 1.36. The molecule has 0 aromatic heterocycles. The Bertz CT molecular complexity index is 132. The molecule has 0 aliphatic carbocycles. The fraction of sp³-hybridized carbons (Fsp3) is 1.00. The van der Waals surface area contributed by atoms with Gasteiger partial charge in [-0.25, -0.2) is 0 Å². The van der Waals surface area contributed by atoms with Crippen molar-refractivity contribution in [2.45, 2.75) is 20.1 Å². The average Bonchev–Trinajstić information content (AvgIpc) is 1.85. The summed E-state index contributed by atoms with van der Waals surface area (Å²) in [6, 6.07) is 0. The van der Waals surface area contributed by atoms with Crippen molar-refractivity contribution in [1.29, 1.82) is 0 Å². The number of halogens is 6. The van der Waals surface area contributed by atoms with Crippen LogP contribution in [0.3, 0.4) is 0 Å². The number of hydrogen-bond acceptors (Lipinski definition) is 1. The Morgan fingerprint density at radius 3 is 1.58 bits per heavy atom. The van der Waals surface area contributed by atoms with Crippen molar-refractivity contribution in [3.63, 3.8) is 0 Å². The fourth-order valence-corrected chi connectivity index (χ4v) is 2.00. The summed E-state index contributed by atoms with van der Waals surface area (Å²) in [5.74, 6) is 0. The van der Waals surface area contributed by atoms with Crippen LogP contribution in [0.25, 0.3) is 0 Å². The van der Waals surface area contributed by atoms with Crippen LogP contribution in [0.15, 0.2) is 0 Å². The quantitative estimate of drug-likeness (QED) is 0.720. The topological polar surface area (TPSA) is 9.23 Å². The molecular weight excluding hydrogens is 289 g/mol. The molecule has 0 N–H and O–H groups in total. The molecule has 7 heteroatoms. The molecule has 0 rings (SSSR count). The third kappa shape index (κ3) is 4.28. The largest absolute Gasteiger partial charge is 0.375 e. The van der Waals surface area contributed by atoms with Gasteiger partial charge in [0.25, 0.3) is 0 Å². The molecule has 0 aromatic carbocycles. The van der Waals surface area contributed by atoms with Gasteiger partial charge in [-0.3, -0.25) is 0 Å². The van der Waals surface area contributed by atoms with E-state index >= 15 is 0 Å². The highest BCUT2D eigenvalue weighted by molar-refractivity contribution is 6.68. The standard InChI is InChI=1S/C5H6Cl6O/c1-12-3(5(9,10)11)2(6)4(7)8/h2-4H,1H3. The molecule has 74 valence electrons. The monoisotopic (exact) mass is 292 g/mol. The van der Waals surface area contributed by atoms with Gasteiger partial charge in [0.15, 0.2) is 0 Å². The van der Waals surface area contributed by atoms with Gasteiger partial charge in [-0.2, -0.15) is 0 Å². The van der Waals surface area contributed by atoms with Crippen molar-refractivity contribution in [2.24, 2.45) is 0 Å². The van der Waals surface area contributed by atoms with Crippen molar-refractivity contribution < 1.29 is 4.74 Å². The molecule has 0 aliphatic rings. The highest BCUT2D eigenvalue weighted by Gasteiger charge is 2.40. The zero-order chi connectivity index (χ0) is 9.94. The first-order chi connectivity index (χ1) is 5.30. The van der Waals surface area contributed by atoms with Gasteiger partial charge in [0.05, 0.1) is 5.38 Å². The van der Waals surface area contributed by atoms with Crippen LogP contribution in [-0.4, -0.2) is 27.2 Å². The number of alkyl halides is 6. The van der Waals surface area contributed by atoms with E-state index in [1.54, 1.807) is 0 Å². The first-order valence-corrected chi connectivity index (χ1v) is 5.26. The van der Waals surface area contributed by atoms with Crippen molar-refractivity contribution in [1.82, 2.24) is 0 Å². The summed E-state index contributed by atoms with van der Waals surface area (Å²) in [5, 5.41) is -0.772. The molecule has 2 atom stereocenters. The molecule has 1 nitrogen and oxygen atoms in total. The maximum Gasteiger partial charge on any atom is 0.217 e. The van der Waals surface area contributed by atoms with Crippen LogP contribution in [0.5, 0.6) is 0 Å². The average molecular weight is 295 g/mol. The lowest BCUT2D eigenvalue weighted by Crippen LogP contribution is -2.39. The second-order valence-electron chi connectivity index (χ2n) is 1.98. The van der Waals surface area contributed by atoms with Gasteiger partial charge in [-0.15, -0.1) is 34.8 Å². The zero-order valence-corrected chi connectivity index (χ0v) is 10.4. The summed E-state index contributed by atoms with van der Waals surface area (Å²) < 4.78 is 3.21. The fourth-order valence-electron chi connectivity index (χ4n) is 0.576. The predicted molar refractivity (Wildman–Crippen MR) is 56.2 cm³/mol. The van der Waals surface area contributed by atoms with Gasteiger partial charge in [-0.1, -0.05) is 34.8 Å². The number of methoxy groups -OCH3 is 1. The molecule has 0 radical (unpaired) electrons. The van der Waals surface area contributed by atoms with Gasteiger partial charge in [-0.05, 0) is 0 Å². The summed E-state index contributed by atoms with van der Waals surface area (Å²) >= 11 is 33.3. The molecule has 0 bridgehead atoms. The first-order valence-electron chi connectivity index (χ1n) is 2.82. The Kier molecular flexibility index (Phi) is 6.34. The Hall–Kier alpha value is 1.70. The normalized spacial score (nSPS) is 18.0. The minimum Gasteiger partial charge on any atom is -0.375 e. The summed E-state index contributed by atoms with van der Waals surface area (Å²) in [5.41, 5.74) is 0. The predicted octanol–water partition coefficient (Wildman–Crippen LogP) is 3.78. The minimum absolute atomic E-state index is 0.772. The maximum absolute atomic E-state index is 5.72. The van der Waals surface area contributed by atoms with E-state index in [1.807, 2.05) is 0 Å². The van der Waals surface area contributed by atoms with Crippen LogP contribution >= 0.6 is 69.6 Å². The van der Waals surface area contributed by atoms with E-state index in [0.717, 1.165) is 0 Å². The lowest BCUT2D eigenvalue weighted by molar-refractivity contribution is 0.104. The molecule has 0 saturated heterocycles. The molecule has 0 aliphatic heterocycles. The van der Waals surface area contributed by atoms with Gasteiger partial charge in [0.1, 0.15) is 10.9 Å². The SMILES string of the molecule is COC(C(Cl)C(Cl)Cl)C(Cl)(Cl)Cl. The minimum atomic E-state index is -1.64. The van der Waals surface area contributed by atoms with Crippen LogP contribution in [0.4, 0.5) is 0 Å². The second kappa shape index (κ2) is 5.55. The maximum atomic E-state index is 5.72. The van der Waals surface area contributed by atoms with Crippen molar-refractivity contribution in [2.75, 3.05) is 7.11 Å². The molecule has 0 heterocycles. The Labute approximate surface area is 101 Å². The molecular formula is C5H6Cl6O. The highest BCUT2D eigenvalue weighted by Crippen LogP contribution is 2.37. The molecule has 2 unspecified atom stereocenters. The van der Waals surface area contributed by atoms with E-state index in [0.29, 0.717) is 0 Å². The Morgan fingerprint density at radius 1 is 1.08 bits per heavy atom. The van der Waals surface area contributed by atoms with Crippen LogP contribution < -0.4 is 0 Å². The van der Waals surface area contributed by atoms with E-state index in [9.17, 15) is 0 Å². The Morgan fingerprint density at radius 2 is 1.50 bits per heavy atom. The Balaban J connectivity index is 4.35. The third-order valence-electron chi connectivity index (χ3n) is 1.11.